The second kappa shape index (κ2) is 5.19. The molecule has 2 rings (SSSR count). The Hall–Kier alpha value is -1.59. The minimum Gasteiger partial charge on any atom is -0.508 e. The lowest BCUT2D eigenvalue weighted by molar-refractivity contribution is -0.145. The second-order valence-electron chi connectivity index (χ2n) is 5.31. The van der Waals surface area contributed by atoms with Gasteiger partial charge in [0.05, 0.1) is 18.1 Å². The molecule has 0 spiro atoms. The van der Waals surface area contributed by atoms with Crippen LogP contribution in [0.2, 0.25) is 0 Å². The van der Waals surface area contributed by atoms with Crippen LogP contribution >= 0.6 is 0 Å². The van der Waals surface area contributed by atoms with Crippen LogP contribution in [0.1, 0.15) is 18.9 Å². The van der Waals surface area contributed by atoms with Gasteiger partial charge in [-0.05, 0) is 31.0 Å². The van der Waals surface area contributed by atoms with E-state index in [0.29, 0.717) is 13.0 Å². The monoisotopic (exact) mass is 265 g/mol. The highest BCUT2D eigenvalue weighted by molar-refractivity contribution is 5.79. The van der Waals surface area contributed by atoms with Gasteiger partial charge >= 0.3 is 0 Å². The topological polar surface area (TPSA) is 81.0 Å². The van der Waals surface area contributed by atoms with Gasteiger partial charge in [0, 0.05) is 13.1 Å². The van der Waals surface area contributed by atoms with Gasteiger partial charge in [-0.25, -0.2) is 0 Å². The minimum absolute atomic E-state index is 0.111. The van der Waals surface area contributed by atoms with E-state index in [2.05, 4.69) is 0 Å². The number of aliphatic hydroxyl groups excluding tert-OH is 1. The third-order valence-corrected chi connectivity index (χ3v) is 3.62. The summed E-state index contributed by atoms with van der Waals surface area (Å²) in [6, 6.07) is 6.56. The lowest BCUT2D eigenvalue weighted by atomic mass is 9.90. The predicted molar refractivity (Wildman–Crippen MR) is 69.6 cm³/mol. The number of piperidine rings is 1. The Morgan fingerprint density at radius 3 is 2.89 bits per heavy atom. The normalized spacial score (nSPS) is 27.3. The minimum atomic E-state index is -1.12. The van der Waals surface area contributed by atoms with Crippen LogP contribution in [0.5, 0.6) is 5.75 Å². The molecule has 5 heteroatoms. The van der Waals surface area contributed by atoms with Crippen molar-refractivity contribution in [3.63, 3.8) is 0 Å². The highest BCUT2D eigenvalue weighted by atomic mass is 16.3. The van der Waals surface area contributed by atoms with Crippen molar-refractivity contribution in [2.24, 2.45) is 0 Å². The molecule has 1 aromatic carbocycles. The van der Waals surface area contributed by atoms with Crippen molar-refractivity contribution in [3.8, 4) is 5.75 Å². The Morgan fingerprint density at radius 2 is 2.26 bits per heavy atom. The van der Waals surface area contributed by atoms with Gasteiger partial charge in [-0.1, -0.05) is 12.1 Å². The zero-order chi connectivity index (χ0) is 14.0. The van der Waals surface area contributed by atoms with Gasteiger partial charge in [0.15, 0.2) is 0 Å². The first-order valence-electron chi connectivity index (χ1n) is 6.34. The third-order valence-electron chi connectivity index (χ3n) is 3.62. The maximum atomic E-state index is 12.1. The molecule has 1 amide bonds. The van der Waals surface area contributed by atoms with Crippen LogP contribution in [0.15, 0.2) is 24.3 Å². The second-order valence-corrected chi connectivity index (χ2v) is 5.31. The number of carbonyl (C=O) groups excluding carboxylic acids is 1. The fourth-order valence-corrected chi connectivity index (χ4v) is 2.20. The number of β-amino-alcohol motifs (C(OH)–C–C–N with tert-alkyl or cyclic N) is 1. The summed E-state index contributed by atoms with van der Waals surface area (Å²) in [7, 11) is 0. The molecule has 0 radical (unpaired) electrons. The number of hydrogen-bond acceptors (Lipinski definition) is 4. The van der Waals surface area contributed by atoms with Gasteiger partial charge in [0.25, 0.3) is 0 Å². The van der Waals surface area contributed by atoms with Gasteiger partial charge in [0.2, 0.25) is 5.91 Å². The molecule has 0 unspecified atom stereocenters. The average Bonchev–Trinajstić information content (AvgIpc) is 2.32. The number of rotatable bonds is 2. The van der Waals surface area contributed by atoms with E-state index in [4.69, 9.17) is 0 Å². The summed E-state index contributed by atoms with van der Waals surface area (Å²) in [5.74, 6) is 0.0204. The molecule has 1 fully saturated rings. The number of likely N-dealkylation sites (tertiary alicyclic amines) is 1. The Kier molecular flexibility index (Phi) is 3.78. The molecule has 0 aliphatic carbocycles. The van der Waals surface area contributed by atoms with Crippen molar-refractivity contribution in [1.82, 2.24) is 4.90 Å². The number of phenols is 1. The van der Waals surface area contributed by atoms with Crippen LogP contribution in [-0.4, -0.2) is 50.9 Å². The fourth-order valence-electron chi connectivity index (χ4n) is 2.20. The van der Waals surface area contributed by atoms with Crippen molar-refractivity contribution in [1.29, 1.82) is 0 Å². The Bertz CT molecular complexity index is 472. The van der Waals surface area contributed by atoms with E-state index in [-0.39, 0.29) is 24.6 Å². The summed E-state index contributed by atoms with van der Waals surface area (Å²) >= 11 is 0. The molecule has 104 valence electrons. The van der Waals surface area contributed by atoms with E-state index >= 15 is 0 Å². The summed E-state index contributed by atoms with van der Waals surface area (Å²) < 4.78 is 0. The van der Waals surface area contributed by atoms with Crippen LogP contribution in [0.4, 0.5) is 0 Å². The van der Waals surface area contributed by atoms with Crippen molar-refractivity contribution in [2.75, 3.05) is 13.1 Å². The number of hydrogen-bond donors (Lipinski definition) is 3. The zero-order valence-corrected chi connectivity index (χ0v) is 10.9. The Balaban J connectivity index is 1.98. The maximum Gasteiger partial charge on any atom is 0.227 e. The number of aliphatic hydroxyl groups is 2. The lowest BCUT2D eigenvalue weighted by Crippen LogP contribution is -2.55. The van der Waals surface area contributed by atoms with E-state index in [0.717, 1.165) is 5.56 Å². The van der Waals surface area contributed by atoms with Crippen molar-refractivity contribution in [2.45, 2.75) is 31.5 Å². The predicted octanol–water partition coefficient (Wildman–Crippen LogP) is 0.279. The van der Waals surface area contributed by atoms with Crippen LogP contribution < -0.4 is 0 Å². The summed E-state index contributed by atoms with van der Waals surface area (Å²) in [5.41, 5.74) is -0.390. The number of benzene rings is 1. The standard InChI is InChI=1S/C14H19NO4/c1-14(19)5-6-15(9-12(14)17)13(18)8-10-3-2-4-11(16)7-10/h2-4,7,12,16-17,19H,5-6,8-9H2,1H3/t12-,14+/m1/s1. The molecule has 0 saturated carbocycles. The zero-order valence-electron chi connectivity index (χ0n) is 10.9. The summed E-state index contributed by atoms with van der Waals surface area (Å²) in [4.78, 5) is 13.6. The molecule has 1 aliphatic rings. The number of amides is 1. The van der Waals surface area contributed by atoms with Crippen LogP contribution in [0.25, 0.3) is 0 Å². The molecule has 3 N–H and O–H groups in total. The molecule has 1 aromatic rings. The van der Waals surface area contributed by atoms with Crippen molar-refractivity contribution < 1.29 is 20.1 Å². The first-order valence-corrected chi connectivity index (χ1v) is 6.34. The number of aromatic hydroxyl groups is 1. The molecular weight excluding hydrogens is 246 g/mol. The summed E-state index contributed by atoms with van der Waals surface area (Å²) in [6.07, 6.45) is -0.377. The summed E-state index contributed by atoms with van der Waals surface area (Å²) in [6.45, 7) is 2.15. The van der Waals surface area contributed by atoms with Gasteiger partial charge in [-0.3, -0.25) is 4.79 Å². The molecule has 1 saturated heterocycles. The molecule has 19 heavy (non-hydrogen) atoms. The number of carbonyl (C=O) groups is 1. The lowest BCUT2D eigenvalue weighted by Gasteiger charge is -2.40. The van der Waals surface area contributed by atoms with Crippen LogP contribution in [0, 0.1) is 0 Å². The highest BCUT2D eigenvalue weighted by Crippen LogP contribution is 2.22. The largest absolute Gasteiger partial charge is 0.508 e. The van der Waals surface area contributed by atoms with Crippen LogP contribution in [-0.2, 0) is 11.2 Å². The molecule has 1 aliphatic heterocycles. The molecule has 2 atom stereocenters. The first-order chi connectivity index (χ1) is 8.88. The Morgan fingerprint density at radius 1 is 1.53 bits per heavy atom. The molecule has 0 bridgehead atoms. The molecule has 1 heterocycles. The summed E-state index contributed by atoms with van der Waals surface area (Å²) in [5, 5.41) is 29.0. The van der Waals surface area contributed by atoms with E-state index < -0.39 is 11.7 Å². The fraction of sp³-hybridized carbons (Fsp3) is 0.500. The van der Waals surface area contributed by atoms with E-state index in [1.54, 1.807) is 36.1 Å². The highest BCUT2D eigenvalue weighted by Gasteiger charge is 2.37. The maximum absolute atomic E-state index is 12.1. The molecule has 0 aromatic heterocycles. The Labute approximate surface area is 112 Å². The molecular formula is C14H19NO4. The van der Waals surface area contributed by atoms with Crippen molar-refractivity contribution >= 4 is 5.91 Å². The van der Waals surface area contributed by atoms with Crippen LogP contribution in [0.3, 0.4) is 0 Å². The third kappa shape index (κ3) is 3.24. The molecule has 5 nitrogen and oxygen atoms in total. The van der Waals surface area contributed by atoms with E-state index in [1.165, 1.54) is 0 Å². The van der Waals surface area contributed by atoms with E-state index in [9.17, 15) is 20.1 Å². The van der Waals surface area contributed by atoms with Crippen molar-refractivity contribution in [3.05, 3.63) is 29.8 Å². The van der Waals surface area contributed by atoms with E-state index in [1.807, 2.05) is 0 Å². The first kappa shape index (κ1) is 13.8. The van der Waals surface area contributed by atoms with Gasteiger partial charge in [0.1, 0.15) is 5.75 Å². The number of nitrogens with zero attached hydrogens (tertiary/aromatic N) is 1. The quantitative estimate of drug-likeness (QED) is 0.717. The van der Waals surface area contributed by atoms with Gasteiger partial charge in [-0.15, -0.1) is 0 Å². The number of phenolic OH excluding ortho intramolecular Hbond substituents is 1. The van der Waals surface area contributed by atoms with Gasteiger partial charge < -0.3 is 20.2 Å². The average molecular weight is 265 g/mol. The van der Waals surface area contributed by atoms with Gasteiger partial charge in [-0.2, -0.15) is 0 Å². The smallest absolute Gasteiger partial charge is 0.227 e. The SMILES string of the molecule is C[C@]1(O)CCN(C(=O)Cc2cccc(O)c2)C[C@H]1O.